The maximum atomic E-state index is 13.7. The number of hydrogen-bond acceptors (Lipinski definition) is 18. The number of carbonyl (C=O) groups excluding carboxylic acids is 1. The first-order valence-electron chi connectivity index (χ1n) is 13.2. The molecule has 0 saturated carbocycles. The van der Waals surface area contributed by atoms with Crippen LogP contribution in [-0.4, -0.2) is 96.0 Å². The van der Waals surface area contributed by atoms with Crippen molar-refractivity contribution in [2.45, 2.75) is 50.1 Å². The van der Waals surface area contributed by atoms with E-state index in [1.807, 2.05) is 0 Å². The molecule has 1 amide bonds. The van der Waals surface area contributed by atoms with Crippen LogP contribution in [0.25, 0.3) is 17.0 Å². The Kier molecular flexibility index (Phi) is 6.72. The number of anilines is 1. The summed E-state index contributed by atoms with van der Waals surface area (Å²) < 4.78 is 61.8. The van der Waals surface area contributed by atoms with Crippen molar-refractivity contribution in [3.8, 4) is 17.4 Å². The molecule has 23 heteroatoms. The van der Waals surface area contributed by atoms with E-state index in [4.69, 9.17) is 38.7 Å². The van der Waals surface area contributed by atoms with Gasteiger partial charge in [-0.05, 0) is 6.92 Å². The van der Waals surface area contributed by atoms with E-state index in [1.54, 1.807) is 6.92 Å². The normalized spacial score (nSPS) is 35.0. The number of rotatable bonds is 2. The molecular weight excluding hydrogens is 642 g/mol. The number of nitrogen functional groups attached to an aromatic ring is 1. The molecule has 45 heavy (non-hydrogen) atoms. The number of aromatic nitrogens is 4. The van der Waals surface area contributed by atoms with Gasteiger partial charge in [0.25, 0.3) is 11.8 Å². The van der Waals surface area contributed by atoms with Crippen molar-refractivity contribution in [2.75, 3.05) is 19.0 Å². The number of nitrogens with zero attached hydrogens (tertiary/aromatic N) is 7. The lowest BCUT2D eigenvalue weighted by Crippen LogP contribution is -2.63. The van der Waals surface area contributed by atoms with E-state index < -0.39 is 76.2 Å². The first-order valence-corrected chi connectivity index (χ1v) is 16.7. The molecule has 1 saturated heterocycles. The van der Waals surface area contributed by atoms with Gasteiger partial charge in [-0.15, -0.1) is 0 Å². The minimum absolute atomic E-state index is 0.0139. The van der Waals surface area contributed by atoms with E-state index in [2.05, 4.69) is 30.3 Å². The Labute approximate surface area is 252 Å². The zero-order valence-electron chi connectivity index (χ0n) is 23.4. The Morgan fingerprint density at radius 1 is 1.20 bits per heavy atom. The summed E-state index contributed by atoms with van der Waals surface area (Å²) in [6, 6.07) is -0.972. The quantitative estimate of drug-likeness (QED) is 0.223. The second-order valence-electron chi connectivity index (χ2n) is 10.6. The number of nitrogens with one attached hydrogen (secondary N) is 1. The smallest absolute Gasteiger partial charge is 0.500 e. The molecule has 4 aliphatic rings. The van der Waals surface area contributed by atoms with E-state index in [9.17, 15) is 23.9 Å². The number of phosphoric acid groups is 1. The number of hydrogen-bond donors (Lipinski definition) is 5. The zero-order valence-corrected chi connectivity index (χ0v) is 25.2. The Bertz CT molecular complexity index is 1880. The molecule has 0 spiro atoms. The largest absolute Gasteiger partial charge is 0.527 e. The molecule has 5 unspecified atom stereocenters. The predicted octanol–water partition coefficient (Wildman–Crippen LogP) is -0.0814. The van der Waals surface area contributed by atoms with Crippen LogP contribution in [0.1, 0.15) is 19.1 Å². The maximum absolute atomic E-state index is 13.7. The third-order valence-corrected chi connectivity index (χ3v) is 9.65. The van der Waals surface area contributed by atoms with Crippen LogP contribution in [0.2, 0.25) is 0 Å². The van der Waals surface area contributed by atoms with Crippen LogP contribution in [0, 0.1) is 0 Å². The molecule has 3 aromatic rings. The van der Waals surface area contributed by atoms with Crippen LogP contribution in [0.4, 0.5) is 5.82 Å². The highest BCUT2D eigenvalue weighted by atomic mass is 31.2. The number of imidazole rings is 1. The second kappa shape index (κ2) is 10.2. The third-order valence-electron chi connectivity index (χ3n) is 7.51. The highest BCUT2D eigenvalue weighted by Gasteiger charge is 2.56. The van der Waals surface area contributed by atoms with Crippen molar-refractivity contribution < 1.29 is 51.2 Å². The molecule has 21 nitrogen and oxygen atoms in total. The molecular formula is C22H26N10O11P2. The Balaban J connectivity index is 1.22. The fourth-order valence-corrected chi connectivity index (χ4v) is 7.41. The van der Waals surface area contributed by atoms with E-state index in [-0.39, 0.29) is 41.0 Å². The van der Waals surface area contributed by atoms with Crippen molar-refractivity contribution >= 4 is 50.6 Å². The van der Waals surface area contributed by atoms with E-state index in [0.717, 1.165) is 0 Å². The molecule has 1 fully saturated rings. The van der Waals surface area contributed by atoms with E-state index in [0.29, 0.717) is 0 Å². The highest BCUT2D eigenvalue weighted by molar-refractivity contribution is 7.53. The van der Waals surface area contributed by atoms with Gasteiger partial charge in [0.15, 0.2) is 46.6 Å². The molecule has 7 rings (SSSR count). The van der Waals surface area contributed by atoms with Crippen molar-refractivity contribution in [3.63, 3.8) is 0 Å². The van der Waals surface area contributed by atoms with E-state index in [1.165, 1.54) is 35.1 Å². The summed E-state index contributed by atoms with van der Waals surface area (Å²) in [6.45, 7) is 1.65. The molecule has 7 N–H and O–H groups in total. The molecule has 2 bridgehead atoms. The van der Waals surface area contributed by atoms with Gasteiger partial charge in [0.2, 0.25) is 11.5 Å². The number of amides is 1. The minimum atomic E-state index is -4.96. The van der Waals surface area contributed by atoms with Gasteiger partial charge in [0.1, 0.15) is 25.4 Å². The number of furan rings is 1. The molecule has 7 heterocycles. The molecule has 240 valence electrons. The highest BCUT2D eigenvalue weighted by Crippen LogP contribution is 2.55. The number of aliphatic imine (C=N–C) groups is 2. The van der Waals surface area contributed by atoms with Gasteiger partial charge in [0, 0.05) is 13.1 Å². The summed E-state index contributed by atoms with van der Waals surface area (Å²) in [4.78, 5) is 45.3. The summed E-state index contributed by atoms with van der Waals surface area (Å²) in [5.74, 6) is -2.60. The monoisotopic (exact) mass is 668 g/mol. The number of phosphoric ester groups is 1. The lowest BCUT2D eigenvalue weighted by molar-refractivity contribution is -0.128. The van der Waals surface area contributed by atoms with Crippen LogP contribution >= 0.6 is 15.4 Å². The molecule has 0 aromatic carbocycles. The first-order chi connectivity index (χ1) is 21.2. The fraction of sp³-hybridized carbons (Fsp3) is 0.455. The van der Waals surface area contributed by atoms with Gasteiger partial charge in [-0.25, -0.2) is 29.1 Å². The molecule has 4 aliphatic heterocycles. The van der Waals surface area contributed by atoms with Crippen LogP contribution < -0.4 is 21.3 Å². The lowest BCUT2D eigenvalue weighted by atomic mass is 10.00. The topological polar surface area (TPSA) is 287 Å². The van der Waals surface area contributed by atoms with Crippen molar-refractivity contribution in [3.05, 3.63) is 18.4 Å². The van der Waals surface area contributed by atoms with Gasteiger partial charge < -0.3 is 44.2 Å². The Hall–Kier alpha value is -4.10. The third kappa shape index (κ3) is 5.02. The lowest BCUT2D eigenvalue weighted by Gasteiger charge is -2.41. The maximum Gasteiger partial charge on any atom is 0.527 e. The fourth-order valence-electron chi connectivity index (χ4n) is 5.49. The average Bonchev–Trinajstić information content (AvgIpc) is 3.70. The van der Waals surface area contributed by atoms with Gasteiger partial charge in [-0.3, -0.25) is 29.1 Å². The van der Waals surface area contributed by atoms with Crippen molar-refractivity contribution in [2.24, 2.45) is 15.7 Å². The van der Waals surface area contributed by atoms with E-state index >= 15 is 0 Å². The van der Waals surface area contributed by atoms with Crippen molar-refractivity contribution in [1.82, 2.24) is 29.7 Å². The van der Waals surface area contributed by atoms with Crippen molar-refractivity contribution in [1.29, 1.82) is 0 Å². The summed E-state index contributed by atoms with van der Waals surface area (Å²) in [6.07, 6.45) is 0.782. The molecule has 0 radical (unpaired) electrons. The van der Waals surface area contributed by atoms with Crippen LogP contribution in [0.15, 0.2) is 27.1 Å². The SMILES string of the molecule is CC12N=C(N)NC(=O)C1N=CN2[C@@H]1O[C@@H]2COP(=O)(O)Oc3c(oc(-n4cnc5c(N)ncnc54)c3O)COP(C)(=O)OC1C2. The summed E-state index contributed by atoms with van der Waals surface area (Å²) in [7, 11) is -8.94. The number of ether oxygens (including phenoxy) is 1. The number of carbonyl (C=O) groups is 1. The number of guanidine groups is 1. The molecule has 0 aliphatic carbocycles. The summed E-state index contributed by atoms with van der Waals surface area (Å²) in [5.41, 5.74) is 10.7. The predicted molar refractivity (Wildman–Crippen MR) is 150 cm³/mol. The standard InChI is InChI=1S/C22H26N10O11P2/c1-22-15(18(34)29-21(24)30-22)28-8-32(22)19-10-3-9(40-19)4-39-45(36,37)43-14-11(5-38-44(2,35)42-10)41-20(13(14)33)31-7-27-12-16(23)25-6-26-17(12)31/h6-10,15,19,33H,3-5H2,1-2H3,(H,36,37)(H2,23,25,26)(H3,24,29,30,34)/t9-,10?,15?,19+,22?,44?/m0/s1. The minimum Gasteiger partial charge on any atom is -0.500 e. The Morgan fingerprint density at radius 2 is 2.00 bits per heavy atom. The summed E-state index contributed by atoms with van der Waals surface area (Å²) >= 11 is 0. The summed E-state index contributed by atoms with van der Waals surface area (Å²) in [5, 5.41) is 13.5. The van der Waals surface area contributed by atoms with Crippen LogP contribution in [0.3, 0.4) is 0 Å². The number of fused-ring (bicyclic) bond motifs is 5. The molecule has 3 aromatic heterocycles. The van der Waals surface area contributed by atoms with Gasteiger partial charge >= 0.3 is 15.4 Å². The van der Waals surface area contributed by atoms with Gasteiger partial charge in [0.05, 0.1) is 19.0 Å². The van der Waals surface area contributed by atoms with Crippen LogP contribution in [-0.2, 0) is 38.8 Å². The van der Waals surface area contributed by atoms with Crippen LogP contribution in [0.5, 0.6) is 11.5 Å². The Morgan fingerprint density at radius 3 is 2.80 bits per heavy atom. The second-order valence-corrected chi connectivity index (χ2v) is 14.0. The number of aromatic hydroxyl groups is 1. The average molecular weight is 668 g/mol. The van der Waals surface area contributed by atoms with Gasteiger partial charge in [-0.2, -0.15) is 0 Å². The first kappa shape index (κ1) is 29.6. The zero-order chi connectivity index (χ0) is 31.9. The number of nitrogens with two attached hydrogens (primary N) is 2. The molecule has 7 atom stereocenters. The van der Waals surface area contributed by atoms with Gasteiger partial charge in [-0.1, -0.05) is 0 Å².